The number of hydrogen-bond donors (Lipinski definition) is 2. The number of benzene rings is 1. The quantitative estimate of drug-likeness (QED) is 0.501. The minimum atomic E-state index is -0.898. The lowest BCUT2D eigenvalue weighted by atomic mass is 10.2. The van der Waals surface area contributed by atoms with E-state index in [-0.39, 0.29) is 22.4 Å². The van der Waals surface area contributed by atoms with Crippen LogP contribution in [-0.4, -0.2) is 22.8 Å². The van der Waals surface area contributed by atoms with E-state index in [4.69, 9.17) is 11.6 Å². The van der Waals surface area contributed by atoms with E-state index in [1.807, 2.05) is 0 Å². The molecule has 2 amide bonds. The zero-order valence-electron chi connectivity index (χ0n) is 10.3. The fraction of sp³-hybridized carbons (Fsp3) is 0.273. The first-order valence-electron chi connectivity index (χ1n) is 5.37. The molecule has 0 radical (unpaired) electrons. The molecule has 0 aliphatic carbocycles. The molecule has 1 aromatic rings. The van der Waals surface area contributed by atoms with Crippen LogP contribution in [0, 0.1) is 10.1 Å². The highest BCUT2D eigenvalue weighted by atomic mass is 35.5. The molecule has 0 saturated heterocycles. The number of anilines is 1. The fourth-order valence-electron chi connectivity index (χ4n) is 1.25. The number of rotatable bonds is 3. The number of amides is 2. The molecule has 0 aromatic heterocycles. The Morgan fingerprint density at radius 3 is 2.47 bits per heavy atom. The predicted octanol–water partition coefficient (Wildman–Crippen LogP) is 1.71. The van der Waals surface area contributed by atoms with Crippen LogP contribution in [-0.2, 0) is 9.59 Å². The summed E-state index contributed by atoms with van der Waals surface area (Å²) in [5, 5.41) is 15.3. The Balaban J connectivity index is 2.83. The Kier molecular flexibility index (Phi) is 4.82. The molecule has 0 fully saturated rings. The maximum atomic E-state index is 11.5. The van der Waals surface area contributed by atoms with Gasteiger partial charge in [0.05, 0.1) is 4.92 Å². The van der Waals surface area contributed by atoms with Gasteiger partial charge in [0.1, 0.15) is 5.02 Å². The average Bonchev–Trinajstić information content (AvgIpc) is 2.30. The molecule has 0 atom stereocenters. The van der Waals surface area contributed by atoms with Crippen molar-refractivity contribution >= 4 is 34.8 Å². The molecule has 8 heteroatoms. The molecule has 0 aliphatic rings. The highest BCUT2D eigenvalue weighted by Crippen LogP contribution is 2.27. The monoisotopic (exact) mass is 285 g/mol. The third kappa shape index (κ3) is 4.22. The van der Waals surface area contributed by atoms with Crippen LogP contribution in [0.3, 0.4) is 0 Å². The third-order valence-electron chi connectivity index (χ3n) is 2.03. The molecule has 0 heterocycles. The van der Waals surface area contributed by atoms with Crippen molar-refractivity contribution in [2.24, 2.45) is 0 Å². The predicted molar refractivity (Wildman–Crippen MR) is 70.0 cm³/mol. The van der Waals surface area contributed by atoms with Crippen LogP contribution >= 0.6 is 11.6 Å². The van der Waals surface area contributed by atoms with E-state index in [2.05, 4.69) is 10.6 Å². The fourth-order valence-corrected chi connectivity index (χ4v) is 1.43. The smallest absolute Gasteiger partial charge is 0.313 e. The van der Waals surface area contributed by atoms with E-state index in [0.717, 1.165) is 6.07 Å². The van der Waals surface area contributed by atoms with Crippen molar-refractivity contribution in [2.75, 3.05) is 5.32 Å². The van der Waals surface area contributed by atoms with Gasteiger partial charge in [0.25, 0.3) is 5.69 Å². The number of nitro groups is 1. The Hall–Kier alpha value is -2.15. The number of nitrogens with zero attached hydrogens (tertiary/aromatic N) is 1. The minimum Gasteiger partial charge on any atom is -0.346 e. The van der Waals surface area contributed by atoms with Crippen molar-refractivity contribution in [1.29, 1.82) is 0 Å². The van der Waals surface area contributed by atoms with Gasteiger partial charge in [-0.2, -0.15) is 0 Å². The first-order chi connectivity index (χ1) is 8.81. The molecular formula is C11H12ClN3O4. The number of nitro benzene ring substituents is 1. The van der Waals surface area contributed by atoms with Crippen LogP contribution in [0.15, 0.2) is 18.2 Å². The van der Waals surface area contributed by atoms with Gasteiger partial charge in [-0.25, -0.2) is 0 Å². The van der Waals surface area contributed by atoms with Crippen LogP contribution in [0.1, 0.15) is 13.8 Å². The summed E-state index contributed by atoms with van der Waals surface area (Å²) in [7, 11) is 0. The zero-order valence-corrected chi connectivity index (χ0v) is 11.0. The summed E-state index contributed by atoms with van der Waals surface area (Å²) in [4.78, 5) is 32.8. The molecule has 0 saturated carbocycles. The van der Waals surface area contributed by atoms with Crippen molar-refractivity contribution in [3.05, 3.63) is 33.3 Å². The summed E-state index contributed by atoms with van der Waals surface area (Å²) in [5.74, 6) is -1.71. The Bertz CT molecular complexity index is 531. The molecule has 1 rings (SSSR count). The van der Waals surface area contributed by atoms with Gasteiger partial charge < -0.3 is 10.6 Å². The van der Waals surface area contributed by atoms with Gasteiger partial charge in [0.15, 0.2) is 0 Å². The number of nitrogens with one attached hydrogen (secondary N) is 2. The Morgan fingerprint density at radius 1 is 1.32 bits per heavy atom. The summed E-state index contributed by atoms with van der Waals surface area (Å²) < 4.78 is 0. The maximum absolute atomic E-state index is 11.5. The van der Waals surface area contributed by atoms with Crippen LogP contribution < -0.4 is 10.6 Å². The van der Waals surface area contributed by atoms with E-state index >= 15 is 0 Å². The van der Waals surface area contributed by atoms with Gasteiger partial charge in [-0.05, 0) is 26.0 Å². The lowest BCUT2D eigenvalue weighted by Crippen LogP contribution is -2.39. The van der Waals surface area contributed by atoms with Crippen molar-refractivity contribution < 1.29 is 14.5 Å². The van der Waals surface area contributed by atoms with E-state index in [9.17, 15) is 19.7 Å². The number of carbonyl (C=O) groups excluding carboxylic acids is 2. The van der Waals surface area contributed by atoms with Crippen LogP contribution in [0.2, 0.25) is 5.02 Å². The van der Waals surface area contributed by atoms with Crippen molar-refractivity contribution in [1.82, 2.24) is 5.32 Å². The first kappa shape index (κ1) is 14.9. The number of halogens is 1. The molecule has 0 bridgehead atoms. The first-order valence-corrected chi connectivity index (χ1v) is 5.75. The standard InChI is InChI=1S/C11H12ClN3O4/c1-6(2)13-10(16)11(17)14-7-3-4-8(12)9(5-7)15(18)19/h3-6H,1-2H3,(H,13,16)(H,14,17). The Morgan fingerprint density at radius 2 is 1.95 bits per heavy atom. The molecule has 2 N–H and O–H groups in total. The lowest BCUT2D eigenvalue weighted by Gasteiger charge is -2.08. The molecule has 0 spiro atoms. The zero-order chi connectivity index (χ0) is 14.6. The molecule has 0 unspecified atom stereocenters. The number of hydrogen-bond acceptors (Lipinski definition) is 4. The average molecular weight is 286 g/mol. The minimum absolute atomic E-state index is 0.0466. The van der Waals surface area contributed by atoms with Gasteiger partial charge in [0.2, 0.25) is 0 Å². The van der Waals surface area contributed by atoms with Gasteiger partial charge >= 0.3 is 11.8 Å². The van der Waals surface area contributed by atoms with E-state index in [0.29, 0.717) is 0 Å². The van der Waals surface area contributed by atoms with E-state index < -0.39 is 16.7 Å². The normalized spacial score (nSPS) is 10.1. The second-order valence-corrected chi connectivity index (χ2v) is 4.41. The van der Waals surface area contributed by atoms with Crippen molar-refractivity contribution in [3.8, 4) is 0 Å². The molecule has 7 nitrogen and oxygen atoms in total. The molecule has 1 aromatic carbocycles. The molecule has 102 valence electrons. The van der Waals surface area contributed by atoms with Crippen molar-refractivity contribution in [2.45, 2.75) is 19.9 Å². The van der Waals surface area contributed by atoms with Crippen LogP contribution in [0.5, 0.6) is 0 Å². The summed E-state index contributed by atoms with van der Waals surface area (Å²) in [6, 6.07) is 3.55. The van der Waals surface area contributed by atoms with Gasteiger partial charge in [-0.1, -0.05) is 11.6 Å². The van der Waals surface area contributed by atoms with E-state index in [1.54, 1.807) is 13.8 Å². The van der Waals surface area contributed by atoms with Crippen molar-refractivity contribution in [3.63, 3.8) is 0 Å². The van der Waals surface area contributed by atoms with Gasteiger partial charge in [0, 0.05) is 17.8 Å². The largest absolute Gasteiger partial charge is 0.346 e. The van der Waals surface area contributed by atoms with E-state index in [1.165, 1.54) is 12.1 Å². The third-order valence-corrected chi connectivity index (χ3v) is 2.35. The highest BCUT2D eigenvalue weighted by Gasteiger charge is 2.17. The summed E-state index contributed by atoms with van der Waals surface area (Å²) in [6.07, 6.45) is 0. The second kappa shape index (κ2) is 6.14. The topological polar surface area (TPSA) is 101 Å². The maximum Gasteiger partial charge on any atom is 0.313 e. The van der Waals surface area contributed by atoms with Crippen LogP contribution in [0.4, 0.5) is 11.4 Å². The lowest BCUT2D eigenvalue weighted by molar-refractivity contribution is -0.384. The Labute approximate surface area is 114 Å². The number of carbonyl (C=O) groups is 2. The van der Waals surface area contributed by atoms with Gasteiger partial charge in [-0.3, -0.25) is 19.7 Å². The molecule has 19 heavy (non-hydrogen) atoms. The summed E-state index contributed by atoms with van der Waals surface area (Å²) in [6.45, 7) is 3.41. The summed E-state index contributed by atoms with van der Waals surface area (Å²) >= 11 is 5.63. The SMILES string of the molecule is CC(C)NC(=O)C(=O)Nc1ccc(Cl)c([N+](=O)[O-])c1. The second-order valence-electron chi connectivity index (χ2n) is 4.01. The highest BCUT2D eigenvalue weighted by molar-refractivity contribution is 6.39. The summed E-state index contributed by atoms with van der Waals surface area (Å²) in [5.41, 5.74) is -0.219. The van der Waals surface area contributed by atoms with Gasteiger partial charge in [-0.15, -0.1) is 0 Å². The van der Waals surface area contributed by atoms with Crippen LogP contribution in [0.25, 0.3) is 0 Å². The molecular weight excluding hydrogens is 274 g/mol. The molecule has 0 aliphatic heterocycles.